The van der Waals surface area contributed by atoms with Crippen molar-refractivity contribution in [1.82, 2.24) is 0 Å². The van der Waals surface area contributed by atoms with Crippen molar-refractivity contribution in [2.24, 2.45) is 0 Å². The number of hydrogen-bond donors (Lipinski definition) is 0. The molecule has 0 spiro atoms. The Morgan fingerprint density at radius 1 is 0.750 bits per heavy atom. The van der Waals surface area contributed by atoms with Crippen LogP contribution in [0.4, 0.5) is 13.2 Å². The molecule has 0 radical (unpaired) electrons. The summed E-state index contributed by atoms with van der Waals surface area (Å²) in [5, 5.41) is -0.180. The van der Waals surface area contributed by atoms with E-state index in [1.807, 2.05) is 0 Å². The number of hydrogen-bond acceptors (Lipinski definition) is 1. The second-order valence-electron chi connectivity index (χ2n) is 7.01. The van der Waals surface area contributed by atoms with Crippen molar-refractivity contribution in [3.63, 3.8) is 0 Å². The van der Waals surface area contributed by atoms with Crippen LogP contribution in [0, 0.1) is 17.5 Å². The van der Waals surface area contributed by atoms with Crippen LogP contribution in [0.25, 0.3) is 11.1 Å². The van der Waals surface area contributed by atoms with Gasteiger partial charge in [-0.3, -0.25) is 0 Å². The smallest absolute Gasteiger partial charge is 0.201 e. The first-order valence-corrected chi connectivity index (χ1v) is 10.5. The van der Waals surface area contributed by atoms with Crippen molar-refractivity contribution >= 4 is 11.6 Å². The van der Waals surface area contributed by atoms with Crippen molar-refractivity contribution < 1.29 is 17.9 Å². The predicted molar refractivity (Wildman–Crippen MR) is 110 cm³/mol. The maximum atomic E-state index is 14.6. The van der Waals surface area contributed by atoms with Gasteiger partial charge in [0.15, 0.2) is 11.6 Å². The van der Waals surface area contributed by atoms with E-state index in [0.29, 0.717) is 18.6 Å². The first-order valence-electron chi connectivity index (χ1n) is 10.1. The standard InChI is InChI=1S/C23H28ClF3O/c1-3-5-7-9-15-28-19-14-13-18(22(26)23(19)27)17-12-11-16(10-8-6-4-2)21(25)20(17)24/h11-14H,3-10,15H2,1-2H3. The molecule has 28 heavy (non-hydrogen) atoms. The Morgan fingerprint density at radius 2 is 1.43 bits per heavy atom. The van der Waals surface area contributed by atoms with Crippen LogP contribution in [-0.4, -0.2) is 6.61 Å². The maximum Gasteiger partial charge on any atom is 0.201 e. The van der Waals surface area contributed by atoms with Crippen molar-refractivity contribution in [3.05, 3.63) is 52.3 Å². The Labute approximate surface area is 170 Å². The molecule has 0 aliphatic heterocycles. The monoisotopic (exact) mass is 412 g/mol. The molecule has 0 unspecified atom stereocenters. The van der Waals surface area contributed by atoms with Gasteiger partial charge >= 0.3 is 0 Å². The minimum Gasteiger partial charge on any atom is -0.490 e. The average Bonchev–Trinajstić information content (AvgIpc) is 2.69. The fraction of sp³-hybridized carbons (Fsp3) is 0.478. The molecule has 0 heterocycles. The zero-order valence-electron chi connectivity index (χ0n) is 16.6. The lowest BCUT2D eigenvalue weighted by atomic mass is 9.99. The van der Waals surface area contributed by atoms with Gasteiger partial charge in [0.2, 0.25) is 5.82 Å². The second-order valence-corrected chi connectivity index (χ2v) is 7.38. The zero-order valence-corrected chi connectivity index (χ0v) is 17.3. The molecule has 5 heteroatoms. The number of rotatable bonds is 11. The Balaban J connectivity index is 2.19. The summed E-state index contributed by atoms with van der Waals surface area (Å²) >= 11 is 6.15. The summed E-state index contributed by atoms with van der Waals surface area (Å²) in [7, 11) is 0. The van der Waals surface area contributed by atoms with Gasteiger partial charge in [-0.2, -0.15) is 4.39 Å². The van der Waals surface area contributed by atoms with Crippen LogP contribution in [0.15, 0.2) is 24.3 Å². The van der Waals surface area contributed by atoms with Gasteiger partial charge < -0.3 is 4.74 Å². The van der Waals surface area contributed by atoms with Crippen LogP contribution in [0.5, 0.6) is 5.75 Å². The molecule has 0 aromatic heterocycles. The lowest BCUT2D eigenvalue weighted by Crippen LogP contribution is -2.02. The minimum atomic E-state index is -1.08. The van der Waals surface area contributed by atoms with Gasteiger partial charge in [-0.1, -0.05) is 69.7 Å². The molecule has 0 fully saturated rings. The van der Waals surface area contributed by atoms with Gasteiger partial charge in [0.25, 0.3) is 0 Å². The highest BCUT2D eigenvalue weighted by Crippen LogP contribution is 2.36. The van der Waals surface area contributed by atoms with Gasteiger partial charge in [0.05, 0.1) is 11.6 Å². The Morgan fingerprint density at radius 3 is 2.14 bits per heavy atom. The normalized spacial score (nSPS) is 11.1. The third-order valence-corrected chi connectivity index (χ3v) is 5.17. The minimum absolute atomic E-state index is 0.0696. The summed E-state index contributed by atoms with van der Waals surface area (Å²) in [5.74, 6) is -2.85. The van der Waals surface area contributed by atoms with E-state index >= 15 is 0 Å². The lowest BCUT2D eigenvalue weighted by Gasteiger charge is -2.13. The molecule has 2 aromatic rings. The van der Waals surface area contributed by atoms with Crippen LogP contribution in [0.1, 0.15) is 64.4 Å². The molecule has 0 saturated carbocycles. The summed E-state index contributed by atoms with van der Waals surface area (Å²) < 4.78 is 48.9. The highest BCUT2D eigenvalue weighted by molar-refractivity contribution is 6.33. The first-order chi connectivity index (χ1) is 13.5. The van der Waals surface area contributed by atoms with Gasteiger partial charge in [-0.15, -0.1) is 0 Å². The van der Waals surface area contributed by atoms with E-state index < -0.39 is 17.5 Å². The van der Waals surface area contributed by atoms with Crippen molar-refractivity contribution in [1.29, 1.82) is 0 Å². The SMILES string of the molecule is CCCCCCOc1ccc(-c2ccc(CCCCC)c(F)c2Cl)c(F)c1F. The predicted octanol–water partition coefficient (Wildman–Crippen LogP) is 8.12. The largest absolute Gasteiger partial charge is 0.490 e. The molecular formula is C23H28ClF3O. The van der Waals surface area contributed by atoms with Crippen LogP contribution in [-0.2, 0) is 6.42 Å². The fourth-order valence-electron chi connectivity index (χ4n) is 3.12. The molecule has 0 N–H and O–H groups in total. The number of ether oxygens (including phenoxy) is 1. The van der Waals surface area contributed by atoms with E-state index in [1.54, 1.807) is 12.1 Å². The summed E-state index contributed by atoms with van der Waals surface area (Å²) in [6.45, 7) is 4.50. The van der Waals surface area contributed by atoms with Gasteiger partial charge in [-0.25, -0.2) is 8.78 Å². The Hall–Kier alpha value is -1.68. The highest BCUT2D eigenvalue weighted by atomic mass is 35.5. The maximum absolute atomic E-state index is 14.6. The molecule has 0 atom stereocenters. The molecule has 1 nitrogen and oxygen atoms in total. The van der Waals surface area contributed by atoms with Gasteiger partial charge in [0.1, 0.15) is 5.82 Å². The molecule has 0 aliphatic carbocycles. The molecule has 0 bridgehead atoms. The van der Waals surface area contributed by atoms with E-state index in [9.17, 15) is 13.2 Å². The zero-order chi connectivity index (χ0) is 20.5. The van der Waals surface area contributed by atoms with E-state index in [-0.39, 0.29) is 21.9 Å². The molecule has 0 aliphatic rings. The molecule has 154 valence electrons. The summed E-state index contributed by atoms with van der Waals surface area (Å²) in [4.78, 5) is 0. The molecule has 2 rings (SSSR count). The van der Waals surface area contributed by atoms with Crippen molar-refractivity contribution in [2.45, 2.75) is 65.2 Å². The van der Waals surface area contributed by atoms with Crippen molar-refractivity contribution in [3.8, 4) is 16.9 Å². The summed E-state index contributed by atoms with van der Waals surface area (Å²) in [6.07, 6.45) is 7.40. The fourth-order valence-corrected chi connectivity index (χ4v) is 3.40. The van der Waals surface area contributed by atoms with Gasteiger partial charge in [0, 0.05) is 11.1 Å². The third-order valence-electron chi connectivity index (χ3n) is 4.80. The van der Waals surface area contributed by atoms with E-state index in [2.05, 4.69) is 13.8 Å². The summed E-state index contributed by atoms with van der Waals surface area (Å²) in [5.41, 5.74) is 0.569. The van der Waals surface area contributed by atoms with Crippen LogP contribution in [0.2, 0.25) is 5.02 Å². The quantitative estimate of drug-likeness (QED) is 0.338. The van der Waals surface area contributed by atoms with E-state index in [0.717, 1.165) is 44.9 Å². The topological polar surface area (TPSA) is 9.23 Å². The number of benzene rings is 2. The second kappa shape index (κ2) is 11.4. The molecule has 2 aromatic carbocycles. The Kier molecular flexibility index (Phi) is 9.17. The Bertz CT molecular complexity index is 777. The molecule has 0 amide bonds. The van der Waals surface area contributed by atoms with Crippen LogP contribution >= 0.6 is 11.6 Å². The highest BCUT2D eigenvalue weighted by Gasteiger charge is 2.20. The lowest BCUT2D eigenvalue weighted by molar-refractivity contribution is 0.285. The number of aryl methyl sites for hydroxylation is 1. The number of halogens is 4. The van der Waals surface area contributed by atoms with Crippen LogP contribution < -0.4 is 4.74 Å². The van der Waals surface area contributed by atoms with Crippen LogP contribution in [0.3, 0.4) is 0 Å². The third kappa shape index (κ3) is 5.66. The molecule has 0 saturated heterocycles. The molecular weight excluding hydrogens is 385 g/mol. The number of unbranched alkanes of at least 4 members (excludes halogenated alkanes) is 5. The average molecular weight is 413 g/mol. The van der Waals surface area contributed by atoms with E-state index in [4.69, 9.17) is 16.3 Å². The first kappa shape index (κ1) is 22.6. The van der Waals surface area contributed by atoms with E-state index in [1.165, 1.54) is 12.1 Å². The van der Waals surface area contributed by atoms with Crippen molar-refractivity contribution in [2.75, 3.05) is 6.61 Å². The van der Waals surface area contributed by atoms with Gasteiger partial charge in [-0.05, 0) is 37.0 Å². The summed E-state index contributed by atoms with van der Waals surface area (Å²) in [6, 6.07) is 5.91.